The van der Waals surface area contributed by atoms with Crippen LogP contribution in [0.2, 0.25) is 0 Å². The lowest BCUT2D eigenvalue weighted by Gasteiger charge is -2.41. The quantitative estimate of drug-likeness (QED) is 0.369. The molecule has 1 saturated heterocycles. The standard InChI is InChI=1S/C30H29F4N5O2/c1-3-39-27(37-22-10-5-4-6-11-22)24(25(36)17(2)35)23(18-12-14-21(31)15-13-18)26(29(39)41)38-28(40)19-8-7-9-20(16-19)30(32,33)34/h4-17,23,26H,3,35-36H2,1-2H3,(H,38,40)/b25-24-,37-27?. The number of amidine groups is 1. The summed E-state index contributed by atoms with van der Waals surface area (Å²) in [5.74, 6) is -2.79. The summed E-state index contributed by atoms with van der Waals surface area (Å²) in [6.07, 6.45) is -4.67. The van der Waals surface area contributed by atoms with E-state index in [2.05, 4.69) is 5.32 Å². The normalized spacial score (nSPS) is 20.6. The van der Waals surface area contributed by atoms with Crippen LogP contribution in [0.5, 0.6) is 0 Å². The Kier molecular flexibility index (Phi) is 8.57. The first-order valence-corrected chi connectivity index (χ1v) is 12.9. The van der Waals surface area contributed by atoms with Crippen LogP contribution in [0.3, 0.4) is 0 Å². The Bertz CT molecular complexity index is 1480. The van der Waals surface area contributed by atoms with Gasteiger partial charge in [-0.2, -0.15) is 13.2 Å². The van der Waals surface area contributed by atoms with E-state index >= 15 is 0 Å². The third-order valence-corrected chi connectivity index (χ3v) is 6.75. The van der Waals surface area contributed by atoms with Gasteiger partial charge in [-0.1, -0.05) is 36.4 Å². The fourth-order valence-electron chi connectivity index (χ4n) is 4.71. The van der Waals surface area contributed by atoms with Crippen molar-refractivity contribution in [3.63, 3.8) is 0 Å². The molecule has 7 nitrogen and oxygen atoms in total. The Morgan fingerprint density at radius 3 is 2.29 bits per heavy atom. The molecule has 11 heteroatoms. The fraction of sp³-hybridized carbons (Fsp3) is 0.233. The largest absolute Gasteiger partial charge is 0.416 e. The van der Waals surface area contributed by atoms with Gasteiger partial charge in [-0.25, -0.2) is 9.38 Å². The molecule has 3 unspecified atom stereocenters. The molecule has 1 aliphatic heterocycles. The van der Waals surface area contributed by atoms with Gasteiger partial charge in [0.15, 0.2) is 0 Å². The zero-order valence-electron chi connectivity index (χ0n) is 22.3. The van der Waals surface area contributed by atoms with Gasteiger partial charge in [0.05, 0.1) is 11.3 Å². The van der Waals surface area contributed by atoms with Crippen LogP contribution in [-0.2, 0) is 11.0 Å². The lowest BCUT2D eigenvalue weighted by molar-refractivity contribution is -0.137. The molecule has 0 aliphatic carbocycles. The lowest BCUT2D eigenvalue weighted by atomic mass is 9.78. The van der Waals surface area contributed by atoms with Gasteiger partial charge in [0.2, 0.25) is 0 Å². The number of carbonyl (C=O) groups excluding carboxylic acids is 2. The van der Waals surface area contributed by atoms with E-state index in [0.29, 0.717) is 22.9 Å². The van der Waals surface area contributed by atoms with Gasteiger partial charge in [-0.3, -0.25) is 14.5 Å². The molecule has 2 amide bonds. The van der Waals surface area contributed by atoms with E-state index in [4.69, 9.17) is 16.5 Å². The average molecular weight is 568 g/mol. The minimum atomic E-state index is -4.67. The number of carbonyl (C=O) groups is 2. The summed E-state index contributed by atoms with van der Waals surface area (Å²) in [7, 11) is 0. The highest BCUT2D eigenvalue weighted by Gasteiger charge is 2.46. The highest BCUT2D eigenvalue weighted by molar-refractivity contribution is 6.15. The van der Waals surface area contributed by atoms with E-state index < -0.39 is 47.4 Å². The lowest BCUT2D eigenvalue weighted by Crippen LogP contribution is -2.59. The van der Waals surface area contributed by atoms with Crippen LogP contribution in [0.15, 0.2) is 95.1 Å². The van der Waals surface area contributed by atoms with E-state index in [0.717, 1.165) is 12.1 Å². The summed E-state index contributed by atoms with van der Waals surface area (Å²) < 4.78 is 53.9. The van der Waals surface area contributed by atoms with Crippen molar-refractivity contribution < 1.29 is 27.2 Å². The number of hydrogen-bond acceptors (Lipinski definition) is 5. The van der Waals surface area contributed by atoms with Gasteiger partial charge >= 0.3 is 6.18 Å². The van der Waals surface area contributed by atoms with Gasteiger partial charge in [-0.05, 0) is 61.9 Å². The zero-order chi connectivity index (χ0) is 29.9. The summed E-state index contributed by atoms with van der Waals surface area (Å²) in [4.78, 5) is 33.4. The van der Waals surface area contributed by atoms with Gasteiger partial charge in [0.1, 0.15) is 17.7 Å². The number of amides is 2. The van der Waals surface area contributed by atoms with E-state index in [1.807, 2.05) is 0 Å². The van der Waals surface area contributed by atoms with Crippen molar-refractivity contribution in [3.05, 3.63) is 113 Å². The number of piperidine rings is 1. The number of hydrogen-bond donors (Lipinski definition) is 3. The van der Waals surface area contributed by atoms with E-state index in [-0.39, 0.29) is 23.6 Å². The minimum absolute atomic E-state index is 0.131. The number of para-hydroxylation sites is 1. The van der Waals surface area contributed by atoms with Crippen LogP contribution in [0.1, 0.15) is 41.3 Å². The number of rotatable bonds is 6. The first-order chi connectivity index (χ1) is 19.4. The topological polar surface area (TPSA) is 114 Å². The highest BCUT2D eigenvalue weighted by Crippen LogP contribution is 2.38. The van der Waals surface area contributed by atoms with Crippen LogP contribution < -0.4 is 16.8 Å². The summed E-state index contributed by atoms with van der Waals surface area (Å²) in [5, 5.41) is 2.62. The van der Waals surface area contributed by atoms with E-state index in [1.54, 1.807) is 44.2 Å². The molecule has 3 aromatic rings. The van der Waals surface area contributed by atoms with Crippen LogP contribution in [0.25, 0.3) is 0 Å². The molecule has 41 heavy (non-hydrogen) atoms. The van der Waals surface area contributed by atoms with Gasteiger partial charge in [0, 0.05) is 35.3 Å². The van der Waals surface area contributed by atoms with Gasteiger partial charge < -0.3 is 16.8 Å². The maximum atomic E-state index is 14.0. The molecule has 0 bridgehead atoms. The Hall–Kier alpha value is -4.51. The predicted octanol–water partition coefficient (Wildman–Crippen LogP) is 4.88. The van der Waals surface area contributed by atoms with Gasteiger partial charge in [-0.15, -0.1) is 0 Å². The van der Waals surface area contributed by atoms with Gasteiger partial charge in [0.25, 0.3) is 11.8 Å². The van der Waals surface area contributed by atoms with Crippen molar-refractivity contribution >= 4 is 23.3 Å². The molecule has 0 spiro atoms. The fourth-order valence-corrected chi connectivity index (χ4v) is 4.71. The van der Waals surface area contributed by atoms with Crippen molar-refractivity contribution in [3.8, 4) is 0 Å². The van der Waals surface area contributed by atoms with Crippen molar-refractivity contribution in [2.75, 3.05) is 6.54 Å². The molecule has 214 valence electrons. The predicted molar refractivity (Wildman–Crippen MR) is 148 cm³/mol. The third kappa shape index (κ3) is 6.30. The van der Waals surface area contributed by atoms with Crippen molar-refractivity contribution in [1.82, 2.24) is 10.2 Å². The summed E-state index contributed by atoms with van der Waals surface area (Å²) in [6, 6.07) is 16.0. The molecule has 5 N–H and O–H groups in total. The highest BCUT2D eigenvalue weighted by atomic mass is 19.4. The second kappa shape index (κ2) is 11.9. The third-order valence-electron chi connectivity index (χ3n) is 6.75. The minimum Gasteiger partial charge on any atom is -0.400 e. The summed E-state index contributed by atoms with van der Waals surface area (Å²) in [6.45, 7) is 3.49. The number of likely N-dealkylation sites (tertiary alicyclic amines) is 1. The van der Waals surface area contributed by atoms with Crippen LogP contribution >= 0.6 is 0 Å². The number of nitrogens with zero attached hydrogens (tertiary/aromatic N) is 2. The maximum Gasteiger partial charge on any atom is 0.416 e. The van der Waals surface area contributed by atoms with Crippen molar-refractivity contribution in [2.24, 2.45) is 16.5 Å². The Morgan fingerprint density at radius 2 is 1.71 bits per heavy atom. The SMILES string of the molecule is CCN1C(=O)C(NC(=O)c2cccc(C(F)(F)F)c2)C(c2ccc(F)cc2)/C(=C(/N)C(C)N)C1=Nc1ccccc1. The molecule has 0 aromatic heterocycles. The van der Waals surface area contributed by atoms with Crippen LogP contribution in [0, 0.1) is 5.82 Å². The van der Waals surface area contributed by atoms with Crippen molar-refractivity contribution in [1.29, 1.82) is 0 Å². The maximum absolute atomic E-state index is 14.0. The molecule has 3 atom stereocenters. The number of nitrogens with two attached hydrogens (primary N) is 2. The smallest absolute Gasteiger partial charge is 0.400 e. The monoisotopic (exact) mass is 567 g/mol. The molecule has 1 fully saturated rings. The summed E-state index contributed by atoms with van der Waals surface area (Å²) >= 11 is 0. The second-order valence-corrected chi connectivity index (χ2v) is 9.57. The number of nitrogens with one attached hydrogen (secondary N) is 1. The number of aliphatic imine (C=N–C) groups is 1. The molecule has 0 radical (unpaired) electrons. The zero-order valence-corrected chi connectivity index (χ0v) is 22.3. The van der Waals surface area contributed by atoms with Crippen LogP contribution in [0.4, 0.5) is 23.2 Å². The van der Waals surface area contributed by atoms with E-state index in [1.165, 1.54) is 35.2 Å². The molecular weight excluding hydrogens is 538 g/mol. The Balaban J connectivity index is 1.91. The number of alkyl halides is 3. The number of likely N-dealkylation sites (N-methyl/N-ethyl adjacent to an activating group) is 1. The molecule has 4 rings (SSSR count). The summed E-state index contributed by atoms with van der Waals surface area (Å²) in [5.41, 5.74) is 12.9. The van der Waals surface area contributed by atoms with Crippen LogP contribution in [-0.4, -0.2) is 41.2 Å². The Labute approximate surface area is 234 Å². The molecular formula is C30H29F4N5O2. The van der Waals surface area contributed by atoms with E-state index in [9.17, 15) is 27.2 Å². The molecule has 0 saturated carbocycles. The second-order valence-electron chi connectivity index (χ2n) is 9.57. The average Bonchev–Trinajstić information content (AvgIpc) is 2.94. The Morgan fingerprint density at radius 1 is 1.05 bits per heavy atom. The molecule has 3 aromatic carbocycles. The first kappa shape index (κ1) is 29.5. The number of halogens is 4. The number of benzene rings is 3. The van der Waals surface area contributed by atoms with Crippen molar-refractivity contribution in [2.45, 2.75) is 38.0 Å². The first-order valence-electron chi connectivity index (χ1n) is 12.9. The molecule has 1 aliphatic rings. The molecule has 1 heterocycles.